The smallest absolute Gasteiger partial charge is 0.408 e. The van der Waals surface area contributed by atoms with Gasteiger partial charge in [0.2, 0.25) is 0 Å². The van der Waals surface area contributed by atoms with E-state index >= 15 is 0 Å². The van der Waals surface area contributed by atoms with Gasteiger partial charge in [0.25, 0.3) is 0 Å². The van der Waals surface area contributed by atoms with Crippen molar-refractivity contribution in [2.45, 2.75) is 0 Å². The van der Waals surface area contributed by atoms with Gasteiger partial charge in [0.15, 0.2) is 11.4 Å². The van der Waals surface area contributed by atoms with Crippen molar-refractivity contribution in [3.8, 4) is 0 Å². The molecule has 0 spiro atoms. The van der Waals surface area contributed by atoms with Crippen LogP contribution in [-0.2, 0) is 7.05 Å². The number of anilines is 1. The lowest BCUT2D eigenvalue weighted by Crippen LogP contribution is -2.08. The predicted molar refractivity (Wildman–Crippen MR) is 80.8 cm³/mol. The zero-order valence-electron chi connectivity index (χ0n) is 11.1. The van der Waals surface area contributed by atoms with E-state index in [-0.39, 0.29) is 10.8 Å². The zero-order valence-corrected chi connectivity index (χ0v) is 11.8. The van der Waals surface area contributed by atoms with E-state index < -0.39 is 5.76 Å². The first-order chi connectivity index (χ1) is 9.97. The van der Waals surface area contributed by atoms with Crippen LogP contribution in [0.15, 0.2) is 45.6 Å². The maximum absolute atomic E-state index is 12.5. The number of oxazole rings is 1. The molecule has 2 aromatic carbocycles. The first-order valence-corrected chi connectivity index (χ1v) is 6.54. The van der Waals surface area contributed by atoms with Crippen molar-refractivity contribution in [1.29, 1.82) is 0 Å². The lowest BCUT2D eigenvalue weighted by molar-refractivity contribution is 0.103. The number of aryl methyl sites for hydroxylation is 1. The van der Waals surface area contributed by atoms with Crippen molar-refractivity contribution >= 4 is 34.2 Å². The van der Waals surface area contributed by atoms with Gasteiger partial charge >= 0.3 is 5.76 Å². The molecule has 0 atom stereocenters. The third-order valence-corrected chi connectivity index (χ3v) is 3.60. The van der Waals surface area contributed by atoms with E-state index in [0.29, 0.717) is 27.9 Å². The number of benzene rings is 2. The van der Waals surface area contributed by atoms with Crippen LogP contribution >= 0.6 is 11.6 Å². The molecule has 5 nitrogen and oxygen atoms in total. The Morgan fingerprint density at radius 2 is 2.00 bits per heavy atom. The molecule has 0 fully saturated rings. The topological polar surface area (TPSA) is 78.2 Å². The van der Waals surface area contributed by atoms with E-state index in [0.717, 1.165) is 0 Å². The summed E-state index contributed by atoms with van der Waals surface area (Å²) in [4.78, 5) is 23.9. The summed E-state index contributed by atoms with van der Waals surface area (Å²) in [6.45, 7) is 0. The van der Waals surface area contributed by atoms with Crippen LogP contribution in [-0.4, -0.2) is 10.4 Å². The van der Waals surface area contributed by atoms with Crippen LogP contribution in [0.4, 0.5) is 5.69 Å². The molecular weight excluding hydrogens is 292 g/mol. The fraction of sp³-hybridized carbons (Fsp3) is 0.0667. The highest BCUT2D eigenvalue weighted by Gasteiger charge is 2.15. The van der Waals surface area contributed by atoms with Crippen molar-refractivity contribution in [2.75, 3.05) is 5.73 Å². The Kier molecular flexibility index (Phi) is 3.07. The number of hydrogen-bond acceptors (Lipinski definition) is 4. The number of carbonyl (C=O) groups is 1. The van der Waals surface area contributed by atoms with Crippen molar-refractivity contribution in [1.82, 2.24) is 4.57 Å². The van der Waals surface area contributed by atoms with Crippen molar-refractivity contribution in [2.24, 2.45) is 7.05 Å². The van der Waals surface area contributed by atoms with Crippen LogP contribution in [0.25, 0.3) is 11.1 Å². The minimum absolute atomic E-state index is 0.256. The van der Waals surface area contributed by atoms with E-state index in [4.69, 9.17) is 21.8 Å². The highest BCUT2D eigenvalue weighted by Crippen LogP contribution is 2.23. The zero-order chi connectivity index (χ0) is 15.1. The molecule has 6 heteroatoms. The average Bonchev–Trinajstić information content (AvgIpc) is 2.73. The van der Waals surface area contributed by atoms with Gasteiger partial charge in [-0.05, 0) is 36.4 Å². The number of aromatic nitrogens is 1. The quantitative estimate of drug-likeness (QED) is 0.583. The van der Waals surface area contributed by atoms with Crippen LogP contribution < -0.4 is 11.5 Å². The summed E-state index contributed by atoms with van der Waals surface area (Å²) in [5, 5.41) is 0.287. The van der Waals surface area contributed by atoms with Crippen LogP contribution in [0, 0.1) is 0 Å². The number of rotatable bonds is 2. The van der Waals surface area contributed by atoms with E-state index in [1.54, 1.807) is 31.3 Å². The van der Waals surface area contributed by atoms with E-state index in [9.17, 15) is 9.59 Å². The van der Waals surface area contributed by atoms with Gasteiger partial charge in [-0.2, -0.15) is 0 Å². The summed E-state index contributed by atoms with van der Waals surface area (Å²) >= 11 is 6.04. The van der Waals surface area contributed by atoms with Crippen LogP contribution in [0.5, 0.6) is 0 Å². The Bertz CT molecular complexity index is 924. The third kappa shape index (κ3) is 2.21. The lowest BCUT2D eigenvalue weighted by atomic mass is 10.0. The number of fused-ring (bicyclic) bond motifs is 1. The normalized spacial score (nSPS) is 11.0. The Balaban J connectivity index is 2.11. The Hall–Kier alpha value is -2.53. The summed E-state index contributed by atoms with van der Waals surface area (Å²) in [6, 6.07) is 9.54. The highest BCUT2D eigenvalue weighted by atomic mass is 35.5. The Morgan fingerprint density at radius 1 is 1.24 bits per heavy atom. The van der Waals surface area contributed by atoms with Crippen molar-refractivity contribution < 1.29 is 9.21 Å². The second kappa shape index (κ2) is 4.79. The number of ketones is 1. The monoisotopic (exact) mass is 302 g/mol. The Labute approximate surface area is 124 Å². The van der Waals surface area contributed by atoms with Crippen molar-refractivity contribution in [3.05, 3.63) is 63.1 Å². The van der Waals surface area contributed by atoms with Gasteiger partial charge in [-0.1, -0.05) is 11.6 Å². The lowest BCUT2D eigenvalue weighted by Gasteiger charge is -2.04. The van der Waals surface area contributed by atoms with E-state index in [1.807, 2.05) is 0 Å². The van der Waals surface area contributed by atoms with Crippen LogP contribution in [0.3, 0.4) is 0 Å². The molecule has 0 aliphatic carbocycles. The number of nitrogens with two attached hydrogens (primary N) is 1. The molecule has 0 amide bonds. The van der Waals surface area contributed by atoms with Gasteiger partial charge in [0, 0.05) is 23.9 Å². The van der Waals surface area contributed by atoms with E-state index in [1.165, 1.54) is 16.7 Å². The molecule has 1 heterocycles. The third-order valence-electron chi connectivity index (χ3n) is 3.29. The van der Waals surface area contributed by atoms with Gasteiger partial charge in [0.1, 0.15) is 0 Å². The molecule has 0 aliphatic rings. The van der Waals surface area contributed by atoms with Gasteiger partial charge in [-0.3, -0.25) is 9.36 Å². The molecule has 21 heavy (non-hydrogen) atoms. The van der Waals surface area contributed by atoms with Gasteiger partial charge in [-0.15, -0.1) is 0 Å². The molecule has 0 aliphatic heterocycles. The summed E-state index contributed by atoms with van der Waals surface area (Å²) in [7, 11) is 1.60. The summed E-state index contributed by atoms with van der Waals surface area (Å²) in [5.74, 6) is -0.728. The molecule has 1 aromatic heterocycles. The SMILES string of the molecule is Cn1c(=O)oc2cc(C(=O)c3ccc(N)cc3Cl)ccc21. The molecule has 106 valence electrons. The Morgan fingerprint density at radius 3 is 2.71 bits per heavy atom. The maximum Gasteiger partial charge on any atom is 0.419 e. The second-order valence-electron chi connectivity index (χ2n) is 4.68. The summed E-state index contributed by atoms with van der Waals surface area (Å²) < 4.78 is 6.45. The average molecular weight is 303 g/mol. The minimum Gasteiger partial charge on any atom is -0.408 e. The molecule has 0 radical (unpaired) electrons. The van der Waals surface area contributed by atoms with Crippen molar-refractivity contribution in [3.63, 3.8) is 0 Å². The summed E-state index contributed by atoms with van der Waals surface area (Å²) in [5.41, 5.74) is 7.83. The number of halogens is 1. The predicted octanol–water partition coefficient (Wildman–Crippen LogP) is 2.60. The van der Waals surface area contributed by atoms with E-state index in [2.05, 4.69) is 0 Å². The molecule has 0 unspecified atom stereocenters. The molecule has 0 saturated carbocycles. The molecular formula is C15H11ClN2O3. The van der Waals surface area contributed by atoms with Crippen LogP contribution in [0.2, 0.25) is 5.02 Å². The maximum atomic E-state index is 12.5. The molecule has 3 rings (SSSR count). The first-order valence-electron chi connectivity index (χ1n) is 6.16. The molecule has 0 saturated heterocycles. The fourth-order valence-electron chi connectivity index (χ4n) is 2.15. The molecule has 3 aromatic rings. The number of carbonyl (C=O) groups excluding carboxylic acids is 1. The van der Waals surface area contributed by atoms with Gasteiger partial charge < -0.3 is 10.2 Å². The molecule has 2 N–H and O–H groups in total. The first kappa shape index (κ1) is 13.5. The standard InChI is InChI=1S/C15H11ClN2O3/c1-18-12-5-2-8(6-13(12)21-15(18)20)14(19)10-4-3-9(17)7-11(10)16/h2-7H,17H2,1H3. The number of nitrogens with zero attached hydrogens (tertiary/aromatic N) is 1. The van der Waals surface area contributed by atoms with Crippen LogP contribution in [0.1, 0.15) is 15.9 Å². The van der Waals surface area contributed by atoms with Gasteiger partial charge in [-0.25, -0.2) is 4.79 Å². The fourth-order valence-corrected chi connectivity index (χ4v) is 2.42. The van der Waals surface area contributed by atoms with Gasteiger partial charge in [0.05, 0.1) is 10.5 Å². The number of hydrogen-bond donors (Lipinski definition) is 1. The highest BCUT2D eigenvalue weighted by molar-refractivity contribution is 6.35. The second-order valence-corrected chi connectivity index (χ2v) is 5.09. The minimum atomic E-state index is -0.472. The summed E-state index contributed by atoms with van der Waals surface area (Å²) in [6.07, 6.45) is 0. The largest absolute Gasteiger partial charge is 0.419 e. The molecule has 0 bridgehead atoms. The number of nitrogen functional groups attached to an aromatic ring is 1.